The lowest BCUT2D eigenvalue weighted by Crippen LogP contribution is -2.42. The van der Waals surface area contributed by atoms with Gasteiger partial charge in [-0.05, 0) is 58.3 Å². The quantitative estimate of drug-likeness (QED) is 0.754. The Balaban J connectivity index is 1.79. The first-order valence-corrected chi connectivity index (χ1v) is 8.79. The molecule has 3 atom stereocenters. The molecule has 2 rings (SSSR count). The zero-order chi connectivity index (χ0) is 14.4. The fourth-order valence-corrected chi connectivity index (χ4v) is 4.22. The summed E-state index contributed by atoms with van der Waals surface area (Å²) in [7, 11) is 4.60. The fraction of sp³-hybridized carbons (Fsp3) is 1.00. The van der Waals surface area contributed by atoms with Gasteiger partial charge in [-0.1, -0.05) is 26.2 Å². The third-order valence-electron chi connectivity index (χ3n) is 5.23. The average Bonchev–Trinajstić information content (AvgIpc) is 2.68. The Labute approximate surface area is 126 Å². The van der Waals surface area contributed by atoms with Crippen LogP contribution in [0.5, 0.6) is 0 Å². The van der Waals surface area contributed by atoms with Crippen LogP contribution >= 0.6 is 0 Å². The van der Waals surface area contributed by atoms with E-state index in [0.717, 1.165) is 24.4 Å². The summed E-state index contributed by atoms with van der Waals surface area (Å²) >= 11 is 0. The van der Waals surface area contributed by atoms with Crippen molar-refractivity contribution in [2.75, 3.05) is 46.8 Å². The molecule has 1 aliphatic carbocycles. The summed E-state index contributed by atoms with van der Waals surface area (Å²) in [4.78, 5) is 5.09. The van der Waals surface area contributed by atoms with Crippen LogP contribution in [0.3, 0.4) is 0 Å². The molecule has 1 saturated carbocycles. The molecule has 0 bridgehead atoms. The lowest BCUT2D eigenvalue weighted by Gasteiger charge is -2.31. The van der Waals surface area contributed by atoms with Crippen molar-refractivity contribution in [3.05, 3.63) is 0 Å². The van der Waals surface area contributed by atoms with Gasteiger partial charge in [-0.15, -0.1) is 0 Å². The highest BCUT2D eigenvalue weighted by molar-refractivity contribution is 4.82. The SMILES string of the molecule is CCNC1CCCCCC1CN(C)CC1CCN(C)C1. The molecular formula is C17H35N3. The van der Waals surface area contributed by atoms with Gasteiger partial charge in [-0.25, -0.2) is 0 Å². The second kappa shape index (κ2) is 8.35. The van der Waals surface area contributed by atoms with Gasteiger partial charge in [0.05, 0.1) is 0 Å². The smallest absolute Gasteiger partial charge is 0.0107 e. The third-order valence-corrected chi connectivity index (χ3v) is 5.23. The molecule has 3 nitrogen and oxygen atoms in total. The van der Waals surface area contributed by atoms with Gasteiger partial charge in [-0.3, -0.25) is 0 Å². The van der Waals surface area contributed by atoms with Crippen molar-refractivity contribution in [2.24, 2.45) is 11.8 Å². The second-order valence-corrected chi connectivity index (χ2v) is 7.20. The molecule has 2 aliphatic rings. The number of hydrogen-bond acceptors (Lipinski definition) is 3. The highest BCUT2D eigenvalue weighted by atomic mass is 15.2. The molecular weight excluding hydrogens is 246 g/mol. The normalized spacial score (nSPS) is 32.7. The van der Waals surface area contributed by atoms with E-state index in [1.165, 1.54) is 64.7 Å². The maximum atomic E-state index is 3.75. The first-order valence-electron chi connectivity index (χ1n) is 8.79. The van der Waals surface area contributed by atoms with Crippen molar-refractivity contribution in [1.29, 1.82) is 0 Å². The summed E-state index contributed by atoms with van der Waals surface area (Å²) < 4.78 is 0. The number of nitrogens with zero attached hydrogens (tertiary/aromatic N) is 2. The minimum Gasteiger partial charge on any atom is -0.314 e. The number of likely N-dealkylation sites (tertiary alicyclic amines) is 1. The van der Waals surface area contributed by atoms with Gasteiger partial charge in [0.2, 0.25) is 0 Å². The molecule has 20 heavy (non-hydrogen) atoms. The van der Waals surface area contributed by atoms with Crippen LogP contribution in [0, 0.1) is 11.8 Å². The van der Waals surface area contributed by atoms with Gasteiger partial charge in [-0.2, -0.15) is 0 Å². The summed E-state index contributed by atoms with van der Waals surface area (Å²) in [6.45, 7) is 8.55. The number of hydrogen-bond donors (Lipinski definition) is 1. The first-order chi connectivity index (χ1) is 9.69. The molecule has 1 N–H and O–H groups in total. The van der Waals surface area contributed by atoms with Crippen molar-refractivity contribution in [2.45, 2.75) is 51.5 Å². The Kier molecular flexibility index (Phi) is 6.79. The summed E-state index contributed by atoms with van der Waals surface area (Å²) in [6.07, 6.45) is 8.50. The molecule has 0 radical (unpaired) electrons. The van der Waals surface area contributed by atoms with E-state index in [1.54, 1.807) is 0 Å². The van der Waals surface area contributed by atoms with Crippen molar-refractivity contribution in [1.82, 2.24) is 15.1 Å². The predicted molar refractivity (Wildman–Crippen MR) is 87.1 cm³/mol. The van der Waals surface area contributed by atoms with Crippen molar-refractivity contribution in [3.8, 4) is 0 Å². The Morgan fingerprint density at radius 3 is 2.60 bits per heavy atom. The van der Waals surface area contributed by atoms with Gasteiger partial charge in [0.25, 0.3) is 0 Å². The van der Waals surface area contributed by atoms with Crippen LogP contribution in [0.2, 0.25) is 0 Å². The molecule has 1 heterocycles. The number of rotatable bonds is 6. The average molecular weight is 281 g/mol. The zero-order valence-corrected chi connectivity index (χ0v) is 13.9. The predicted octanol–water partition coefficient (Wildman–Crippen LogP) is 2.43. The molecule has 0 aromatic carbocycles. The lowest BCUT2D eigenvalue weighted by molar-refractivity contribution is 0.202. The van der Waals surface area contributed by atoms with Crippen molar-refractivity contribution in [3.63, 3.8) is 0 Å². The summed E-state index contributed by atoms with van der Waals surface area (Å²) in [6, 6.07) is 0.760. The topological polar surface area (TPSA) is 18.5 Å². The molecule has 2 fully saturated rings. The highest BCUT2D eigenvalue weighted by Gasteiger charge is 2.26. The Bertz CT molecular complexity index is 269. The maximum absolute atomic E-state index is 3.75. The zero-order valence-electron chi connectivity index (χ0n) is 13.9. The summed E-state index contributed by atoms with van der Waals surface area (Å²) in [5.74, 6) is 1.76. The standard InChI is InChI=1S/C17H35N3/c1-4-18-17-9-7-5-6-8-16(17)14-20(3)13-15-10-11-19(2)12-15/h15-18H,4-14H2,1-3H3. The largest absolute Gasteiger partial charge is 0.314 e. The van der Waals surface area contributed by atoms with Crippen LogP contribution in [-0.2, 0) is 0 Å². The monoisotopic (exact) mass is 281 g/mol. The molecule has 1 aliphatic heterocycles. The molecule has 0 aromatic heterocycles. The van der Waals surface area contributed by atoms with E-state index in [4.69, 9.17) is 0 Å². The fourth-order valence-electron chi connectivity index (χ4n) is 4.22. The molecule has 118 valence electrons. The molecule has 0 amide bonds. The second-order valence-electron chi connectivity index (χ2n) is 7.20. The van der Waals surface area contributed by atoms with Gasteiger partial charge < -0.3 is 15.1 Å². The Hall–Kier alpha value is -0.120. The van der Waals surface area contributed by atoms with Crippen LogP contribution in [0.15, 0.2) is 0 Å². The van der Waals surface area contributed by atoms with Crippen molar-refractivity contribution >= 4 is 0 Å². The molecule has 3 unspecified atom stereocenters. The molecule has 3 heteroatoms. The minimum atomic E-state index is 0.760. The summed E-state index contributed by atoms with van der Waals surface area (Å²) in [5, 5.41) is 3.75. The van der Waals surface area contributed by atoms with E-state index in [-0.39, 0.29) is 0 Å². The van der Waals surface area contributed by atoms with E-state index in [9.17, 15) is 0 Å². The van der Waals surface area contributed by atoms with E-state index >= 15 is 0 Å². The maximum Gasteiger partial charge on any atom is 0.0107 e. The van der Waals surface area contributed by atoms with Crippen LogP contribution in [0.25, 0.3) is 0 Å². The summed E-state index contributed by atoms with van der Waals surface area (Å²) in [5.41, 5.74) is 0. The van der Waals surface area contributed by atoms with Gasteiger partial charge in [0, 0.05) is 25.7 Å². The number of nitrogens with one attached hydrogen (secondary N) is 1. The first kappa shape index (κ1) is 16.3. The highest BCUT2D eigenvalue weighted by Crippen LogP contribution is 2.25. The van der Waals surface area contributed by atoms with Crippen molar-refractivity contribution < 1.29 is 0 Å². The lowest BCUT2D eigenvalue weighted by atomic mass is 9.93. The third kappa shape index (κ3) is 5.01. The Morgan fingerprint density at radius 2 is 1.90 bits per heavy atom. The van der Waals surface area contributed by atoms with Crippen LogP contribution in [0.4, 0.5) is 0 Å². The van der Waals surface area contributed by atoms with Crippen LogP contribution in [-0.4, -0.2) is 62.7 Å². The van der Waals surface area contributed by atoms with Gasteiger partial charge in [0.15, 0.2) is 0 Å². The molecule has 0 spiro atoms. The molecule has 0 aromatic rings. The minimum absolute atomic E-state index is 0.760. The molecule has 1 saturated heterocycles. The van der Waals surface area contributed by atoms with E-state index < -0.39 is 0 Å². The van der Waals surface area contributed by atoms with Gasteiger partial charge in [0.1, 0.15) is 0 Å². The van der Waals surface area contributed by atoms with Gasteiger partial charge >= 0.3 is 0 Å². The van der Waals surface area contributed by atoms with E-state index in [1.807, 2.05) is 0 Å². The van der Waals surface area contributed by atoms with E-state index in [0.29, 0.717) is 0 Å². The van der Waals surface area contributed by atoms with Crippen LogP contribution in [0.1, 0.15) is 45.4 Å². The van der Waals surface area contributed by atoms with Crippen LogP contribution < -0.4 is 5.32 Å². The Morgan fingerprint density at radius 1 is 1.10 bits per heavy atom. The van der Waals surface area contributed by atoms with E-state index in [2.05, 4.69) is 36.1 Å².